The fourth-order valence-corrected chi connectivity index (χ4v) is 4.02. The van der Waals surface area contributed by atoms with Crippen LogP contribution in [0.3, 0.4) is 0 Å². The zero-order valence-electron chi connectivity index (χ0n) is 16.0. The number of amides is 1. The topological polar surface area (TPSA) is 68.2 Å². The fraction of sp³-hybridized carbons (Fsp3) is 0.238. The van der Waals surface area contributed by atoms with Gasteiger partial charge in [-0.05, 0) is 24.6 Å². The maximum atomic E-state index is 12.7. The summed E-state index contributed by atoms with van der Waals surface area (Å²) in [5.41, 5.74) is 2.69. The molecule has 1 aromatic heterocycles. The molecule has 8 heteroatoms. The molecular formula is C21H19ClN4O2S. The van der Waals surface area contributed by atoms with Crippen molar-refractivity contribution in [2.75, 3.05) is 10.7 Å². The molecule has 2 aromatic carbocycles. The summed E-state index contributed by atoms with van der Waals surface area (Å²) in [6.45, 7) is 3.60. The van der Waals surface area contributed by atoms with E-state index in [2.05, 4.69) is 22.1 Å². The Kier molecular flexibility index (Phi) is 5.69. The highest BCUT2D eigenvalue weighted by Crippen LogP contribution is 2.43. The molecule has 4 rings (SSSR count). The summed E-state index contributed by atoms with van der Waals surface area (Å²) in [6, 6.07) is 14.8. The van der Waals surface area contributed by atoms with E-state index in [4.69, 9.17) is 16.3 Å². The molecule has 1 aliphatic rings. The van der Waals surface area contributed by atoms with Gasteiger partial charge in [0.05, 0.1) is 5.69 Å². The van der Waals surface area contributed by atoms with Gasteiger partial charge in [-0.2, -0.15) is 4.98 Å². The molecule has 0 N–H and O–H groups in total. The average Bonchev–Trinajstić information content (AvgIpc) is 2.86. The van der Waals surface area contributed by atoms with Gasteiger partial charge < -0.3 is 4.74 Å². The summed E-state index contributed by atoms with van der Waals surface area (Å²) in [4.78, 5) is 18.9. The van der Waals surface area contributed by atoms with Gasteiger partial charge in [0.25, 0.3) is 0 Å². The average molecular weight is 427 g/mol. The van der Waals surface area contributed by atoms with Gasteiger partial charge in [-0.3, -0.25) is 9.69 Å². The number of benzene rings is 2. The highest BCUT2D eigenvalue weighted by molar-refractivity contribution is 7.99. The Bertz CT molecular complexity index is 1060. The minimum atomic E-state index is -0.727. The smallest absolute Gasteiger partial charge is 0.247 e. The number of hydrogen-bond donors (Lipinski definition) is 0. The Morgan fingerprint density at radius 2 is 2.03 bits per heavy atom. The molecule has 0 radical (unpaired) electrons. The maximum absolute atomic E-state index is 12.7. The second-order valence-corrected chi connectivity index (χ2v) is 8.03. The molecule has 1 atom stereocenters. The van der Waals surface area contributed by atoms with Crippen molar-refractivity contribution in [3.63, 3.8) is 0 Å². The van der Waals surface area contributed by atoms with Crippen molar-refractivity contribution in [2.24, 2.45) is 0 Å². The van der Waals surface area contributed by atoms with Crippen LogP contribution in [0.15, 0.2) is 53.7 Å². The van der Waals surface area contributed by atoms with Gasteiger partial charge in [0, 0.05) is 28.8 Å². The van der Waals surface area contributed by atoms with Crippen LogP contribution in [0.2, 0.25) is 5.02 Å². The molecule has 0 saturated heterocycles. The van der Waals surface area contributed by atoms with Crippen LogP contribution in [0.5, 0.6) is 5.88 Å². The monoisotopic (exact) mass is 426 g/mol. The summed E-state index contributed by atoms with van der Waals surface area (Å²) in [7, 11) is 0. The van der Waals surface area contributed by atoms with Gasteiger partial charge in [-0.1, -0.05) is 60.6 Å². The predicted octanol–water partition coefficient (Wildman–Crippen LogP) is 5.14. The van der Waals surface area contributed by atoms with Crippen molar-refractivity contribution >= 4 is 35.0 Å². The van der Waals surface area contributed by atoms with Crippen LogP contribution in [0, 0.1) is 0 Å². The number of aromatic nitrogens is 3. The number of hydrogen-bond acceptors (Lipinski definition) is 6. The zero-order valence-corrected chi connectivity index (χ0v) is 17.6. The van der Waals surface area contributed by atoms with Crippen molar-refractivity contribution in [3.05, 3.63) is 59.1 Å². The van der Waals surface area contributed by atoms with E-state index in [1.807, 2.05) is 36.4 Å². The first-order chi connectivity index (χ1) is 14.1. The van der Waals surface area contributed by atoms with Crippen molar-refractivity contribution in [2.45, 2.75) is 31.7 Å². The molecule has 6 nitrogen and oxygen atoms in total. The number of thioether (sulfide) groups is 1. The van der Waals surface area contributed by atoms with E-state index >= 15 is 0 Å². The van der Waals surface area contributed by atoms with Gasteiger partial charge in [0.2, 0.25) is 23.2 Å². The molecule has 2 heterocycles. The van der Waals surface area contributed by atoms with Gasteiger partial charge in [0.1, 0.15) is 0 Å². The van der Waals surface area contributed by atoms with Crippen LogP contribution < -0.4 is 9.64 Å². The third-order valence-corrected chi connectivity index (χ3v) is 5.70. The van der Waals surface area contributed by atoms with Gasteiger partial charge in [-0.25, -0.2) is 0 Å². The number of rotatable bonds is 4. The first-order valence-electron chi connectivity index (χ1n) is 9.27. The van der Waals surface area contributed by atoms with E-state index in [1.165, 1.54) is 18.7 Å². The minimum absolute atomic E-state index is 0.163. The molecule has 148 valence electrons. The number of fused-ring (bicyclic) bond motifs is 3. The second-order valence-electron chi connectivity index (χ2n) is 6.53. The highest BCUT2D eigenvalue weighted by atomic mass is 35.5. The number of anilines is 1. The molecule has 0 bridgehead atoms. The zero-order chi connectivity index (χ0) is 20.4. The van der Waals surface area contributed by atoms with E-state index in [0.29, 0.717) is 27.4 Å². The van der Waals surface area contributed by atoms with Crippen molar-refractivity contribution < 1.29 is 9.53 Å². The lowest BCUT2D eigenvalue weighted by Crippen LogP contribution is -2.36. The van der Waals surface area contributed by atoms with Gasteiger partial charge in [0.15, 0.2) is 5.69 Å². The number of para-hydroxylation sites is 1. The van der Waals surface area contributed by atoms with Crippen LogP contribution >= 0.6 is 23.4 Å². The van der Waals surface area contributed by atoms with Crippen molar-refractivity contribution in [3.8, 4) is 17.1 Å². The number of carbonyl (C=O) groups is 1. The Morgan fingerprint density at radius 3 is 2.79 bits per heavy atom. The molecule has 1 aliphatic heterocycles. The van der Waals surface area contributed by atoms with E-state index in [9.17, 15) is 4.79 Å². The SMILES string of the molecule is CCCSc1nnc2c(n1)O[C@H](c1cccc(Cl)c1)N(C(C)=O)c1ccccc1-2. The molecule has 0 fully saturated rings. The summed E-state index contributed by atoms with van der Waals surface area (Å²) in [5.74, 6) is 1.07. The quantitative estimate of drug-likeness (QED) is 0.538. The Hall–Kier alpha value is -2.64. The number of carbonyl (C=O) groups excluding carboxylic acids is 1. The summed E-state index contributed by atoms with van der Waals surface area (Å²) in [5, 5.41) is 9.75. The largest absolute Gasteiger partial charge is 0.447 e. The van der Waals surface area contributed by atoms with E-state index < -0.39 is 6.23 Å². The summed E-state index contributed by atoms with van der Waals surface area (Å²) >= 11 is 7.74. The normalized spacial score (nSPS) is 15.1. The number of ether oxygens (including phenoxy) is 1. The van der Waals surface area contributed by atoms with Crippen LogP contribution in [0.25, 0.3) is 11.3 Å². The van der Waals surface area contributed by atoms with E-state index in [-0.39, 0.29) is 5.91 Å². The van der Waals surface area contributed by atoms with Crippen molar-refractivity contribution in [1.82, 2.24) is 15.2 Å². The lowest BCUT2D eigenvalue weighted by molar-refractivity contribution is -0.118. The summed E-state index contributed by atoms with van der Waals surface area (Å²) < 4.78 is 6.29. The Balaban J connectivity index is 1.91. The third-order valence-electron chi connectivity index (χ3n) is 4.42. The Labute approximate surface area is 178 Å². The molecular weight excluding hydrogens is 408 g/mol. The number of nitrogens with zero attached hydrogens (tertiary/aromatic N) is 4. The lowest BCUT2D eigenvalue weighted by Gasteiger charge is -2.29. The second kappa shape index (κ2) is 8.39. The summed E-state index contributed by atoms with van der Waals surface area (Å²) in [6.07, 6.45) is 0.271. The third kappa shape index (κ3) is 3.93. The minimum Gasteiger partial charge on any atom is -0.447 e. The van der Waals surface area contributed by atoms with E-state index in [1.54, 1.807) is 17.0 Å². The maximum Gasteiger partial charge on any atom is 0.247 e. The molecule has 0 aliphatic carbocycles. The fourth-order valence-electron chi connectivity index (χ4n) is 3.18. The molecule has 0 unspecified atom stereocenters. The Morgan fingerprint density at radius 1 is 1.21 bits per heavy atom. The molecule has 29 heavy (non-hydrogen) atoms. The van der Waals surface area contributed by atoms with Gasteiger partial charge >= 0.3 is 0 Å². The van der Waals surface area contributed by atoms with Crippen LogP contribution in [-0.2, 0) is 4.79 Å². The molecule has 3 aromatic rings. The van der Waals surface area contributed by atoms with Crippen LogP contribution in [0.1, 0.15) is 32.1 Å². The van der Waals surface area contributed by atoms with Crippen molar-refractivity contribution in [1.29, 1.82) is 0 Å². The predicted molar refractivity (Wildman–Crippen MR) is 114 cm³/mol. The van der Waals surface area contributed by atoms with Gasteiger partial charge in [-0.15, -0.1) is 10.2 Å². The van der Waals surface area contributed by atoms with Crippen LogP contribution in [0.4, 0.5) is 5.69 Å². The molecule has 1 amide bonds. The van der Waals surface area contributed by atoms with Crippen LogP contribution in [-0.4, -0.2) is 26.8 Å². The standard InChI is InChI=1S/C21H19ClN4O2S/c1-3-11-29-21-23-19-18(24-25-21)16-9-4-5-10-17(16)26(13(2)27)20(28-19)14-7-6-8-15(22)12-14/h4-10,12,20H,3,11H2,1-2H3/t20-/m1/s1. The molecule has 0 saturated carbocycles. The number of halogens is 1. The van der Waals surface area contributed by atoms with E-state index in [0.717, 1.165) is 23.3 Å². The molecule has 0 spiro atoms. The first-order valence-corrected chi connectivity index (χ1v) is 10.6. The lowest BCUT2D eigenvalue weighted by atomic mass is 10.1. The first kappa shape index (κ1) is 19.7. The highest BCUT2D eigenvalue weighted by Gasteiger charge is 2.34.